The van der Waals surface area contributed by atoms with Crippen LogP contribution in [0.2, 0.25) is 0 Å². The van der Waals surface area contributed by atoms with E-state index in [0.717, 1.165) is 6.42 Å². The quantitative estimate of drug-likeness (QED) is 0.0881. The van der Waals surface area contributed by atoms with E-state index in [-0.39, 0.29) is 41.5 Å². The van der Waals surface area contributed by atoms with Gasteiger partial charge >= 0.3 is 0 Å². The monoisotopic (exact) mass is 709 g/mol. The van der Waals surface area contributed by atoms with E-state index in [9.17, 15) is 23.1 Å². The Labute approximate surface area is 292 Å². The van der Waals surface area contributed by atoms with E-state index in [1.807, 2.05) is 83.1 Å². The number of hydrogen-bond donors (Lipinski definition) is 4. The molecule has 0 aromatic carbocycles. The summed E-state index contributed by atoms with van der Waals surface area (Å²) in [6.45, 7) is 27.7. The molecule has 0 fully saturated rings. The molecule has 0 aliphatic rings. The molecular formula is C35H71N3O9S. The largest absolute Gasteiger partial charge is 0.393 e. The van der Waals surface area contributed by atoms with Crippen LogP contribution in [0.25, 0.3) is 0 Å². The van der Waals surface area contributed by atoms with Crippen molar-refractivity contribution in [3.8, 4) is 0 Å². The van der Waals surface area contributed by atoms with Crippen LogP contribution in [0, 0.1) is 16.2 Å². The summed E-state index contributed by atoms with van der Waals surface area (Å²) in [5.74, 6) is -0.144. The van der Waals surface area contributed by atoms with Crippen LogP contribution in [-0.2, 0) is 38.6 Å². The summed E-state index contributed by atoms with van der Waals surface area (Å²) in [4.78, 5) is 26.1. The molecule has 0 aliphatic heterocycles. The third-order valence-corrected chi connectivity index (χ3v) is 10.4. The van der Waals surface area contributed by atoms with Crippen LogP contribution >= 0.6 is 0 Å². The number of aliphatic hydroxyl groups excluding tert-OH is 1. The number of nitrogens with one attached hydrogen (secondary N) is 3. The molecule has 13 heteroatoms. The van der Waals surface area contributed by atoms with Crippen molar-refractivity contribution in [1.82, 2.24) is 15.4 Å². The van der Waals surface area contributed by atoms with Crippen molar-refractivity contribution < 1.29 is 42.1 Å². The van der Waals surface area contributed by atoms with Gasteiger partial charge in [-0.15, -0.1) is 0 Å². The molecule has 0 rings (SSSR count). The van der Waals surface area contributed by atoms with Crippen molar-refractivity contribution in [3.05, 3.63) is 0 Å². The summed E-state index contributed by atoms with van der Waals surface area (Å²) in [5.41, 5.74) is -3.57. The molecule has 0 heterocycles. The molecule has 0 saturated heterocycles. The van der Waals surface area contributed by atoms with Crippen LogP contribution < -0.4 is 15.4 Å². The lowest BCUT2D eigenvalue weighted by atomic mass is 9.69. The molecule has 48 heavy (non-hydrogen) atoms. The van der Waals surface area contributed by atoms with E-state index < -0.39 is 38.0 Å². The molecule has 0 bridgehead atoms. The number of carbonyl (C=O) groups excluding carboxylic acids is 2. The first-order valence-electron chi connectivity index (χ1n) is 17.2. The maximum atomic E-state index is 13.4. The summed E-state index contributed by atoms with van der Waals surface area (Å²) in [6.07, 6.45) is 0.705. The fourth-order valence-corrected chi connectivity index (χ4v) is 7.43. The highest BCUT2D eigenvalue weighted by Crippen LogP contribution is 2.38. The Morgan fingerprint density at radius 1 is 0.708 bits per heavy atom. The Bertz CT molecular complexity index is 1080. The summed E-state index contributed by atoms with van der Waals surface area (Å²) in [7, 11) is -2.01. The maximum absolute atomic E-state index is 13.4. The number of aliphatic hydroxyl groups is 1. The number of ketones is 2. The molecule has 0 aromatic heterocycles. The van der Waals surface area contributed by atoms with Gasteiger partial charge in [-0.1, -0.05) is 41.5 Å². The number of rotatable bonds is 28. The number of carbonyl (C=O) groups is 2. The van der Waals surface area contributed by atoms with Gasteiger partial charge in [0.05, 0.1) is 68.2 Å². The predicted octanol–water partition coefficient (Wildman–Crippen LogP) is 3.49. The van der Waals surface area contributed by atoms with Gasteiger partial charge in [0.15, 0.2) is 11.6 Å². The Morgan fingerprint density at radius 3 is 1.69 bits per heavy atom. The zero-order chi connectivity index (χ0) is 37.7. The second-order valence-corrected chi connectivity index (χ2v) is 18.7. The predicted molar refractivity (Wildman–Crippen MR) is 192 cm³/mol. The minimum atomic E-state index is -3.41. The first kappa shape index (κ1) is 47.0. The molecule has 12 nitrogen and oxygen atoms in total. The van der Waals surface area contributed by atoms with Gasteiger partial charge in [0, 0.05) is 18.5 Å². The minimum absolute atomic E-state index is 0.00293. The molecule has 0 aromatic rings. The molecule has 1 atom stereocenters. The number of hydrogen-bond acceptors (Lipinski definition) is 11. The molecule has 0 aliphatic carbocycles. The van der Waals surface area contributed by atoms with Crippen LogP contribution in [-0.4, -0.2) is 120 Å². The van der Waals surface area contributed by atoms with Gasteiger partial charge < -0.3 is 34.7 Å². The second-order valence-electron chi connectivity index (χ2n) is 16.8. The highest BCUT2D eigenvalue weighted by atomic mass is 32.2. The van der Waals surface area contributed by atoms with Crippen molar-refractivity contribution in [3.63, 3.8) is 0 Å². The normalized spacial score (nSPS) is 14.7. The zero-order valence-electron chi connectivity index (χ0n) is 32.7. The van der Waals surface area contributed by atoms with E-state index in [1.54, 1.807) is 6.92 Å². The van der Waals surface area contributed by atoms with Gasteiger partial charge in [-0.25, -0.2) is 13.1 Å². The van der Waals surface area contributed by atoms with E-state index in [2.05, 4.69) is 15.4 Å². The Morgan fingerprint density at radius 2 is 1.19 bits per heavy atom. The van der Waals surface area contributed by atoms with E-state index in [0.29, 0.717) is 52.5 Å². The minimum Gasteiger partial charge on any atom is -0.393 e. The summed E-state index contributed by atoms with van der Waals surface area (Å²) in [5, 5.41) is 16.4. The van der Waals surface area contributed by atoms with Gasteiger partial charge in [0.1, 0.15) is 6.61 Å². The van der Waals surface area contributed by atoms with E-state index in [1.165, 1.54) is 7.05 Å². The highest BCUT2D eigenvalue weighted by molar-refractivity contribution is 7.89. The van der Waals surface area contributed by atoms with Crippen molar-refractivity contribution in [2.75, 3.05) is 72.1 Å². The Hall–Kier alpha value is -1.03. The molecule has 0 radical (unpaired) electrons. The lowest BCUT2D eigenvalue weighted by Gasteiger charge is -2.39. The fraction of sp³-hybridized carbons (Fsp3) is 0.943. The van der Waals surface area contributed by atoms with E-state index >= 15 is 0 Å². The Balaban J connectivity index is 4.29. The van der Waals surface area contributed by atoms with Crippen molar-refractivity contribution >= 4 is 21.6 Å². The number of Topliss-reactive ketones (excluding diaryl/α,β-unsaturated/α-hetero) is 2. The molecule has 286 valence electrons. The lowest BCUT2D eigenvalue weighted by molar-refractivity contribution is -0.134. The van der Waals surface area contributed by atoms with Crippen LogP contribution in [0.5, 0.6) is 0 Å². The Kier molecular flexibility index (Phi) is 19.1. The first-order valence-corrected chi connectivity index (χ1v) is 18.8. The van der Waals surface area contributed by atoms with Gasteiger partial charge in [-0.05, 0) is 79.2 Å². The molecule has 0 spiro atoms. The molecule has 0 saturated carbocycles. The second kappa shape index (κ2) is 19.5. The lowest BCUT2D eigenvalue weighted by Crippen LogP contribution is -2.54. The van der Waals surface area contributed by atoms with Gasteiger partial charge in [0.2, 0.25) is 10.0 Å². The summed E-state index contributed by atoms with van der Waals surface area (Å²) in [6, 6.07) is 0. The van der Waals surface area contributed by atoms with Crippen molar-refractivity contribution in [1.29, 1.82) is 0 Å². The summed E-state index contributed by atoms with van der Waals surface area (Å²) >= 11 is 0. The van der Waals surface area contributed by atoms with E-state index in [4.69, 9.17) is 18.9 Å². The fourth-order valence-electron chi connectivity index (χ4n) is 6.15. The average molecular weight is 710 g/mol. The number of ether oxygens (including phenoxy) is 4. The average Bonchev–Trinajstić information content (AvgIpc) is 2.91. The molecular weight excluding hydrogens is 638 g/mol. The first-order chi connectivity index (χ1) is 21.6. The topological polar surface area (TPSA) is 162 Å². The van der Waals surface area contributed by atoms with Crippen molar-refractivity contribution in [2.45, 2.75) is 126 Å². The third kappa shape index (κ3) is 18.8. The number of sulfonamides is 1. The van der Waals surface area contributed by atoms with Crippen LogP contribution in [0.3, 0.4) is 0 Å². The summed E-state index contributed by atoms with van der Waals surface area (Å²) < 4.78 is 49.4. The van der Waals surface area contributed by atoms with Crippen LogP contribution in [0.1, 0.15) is 103 Å². The van der Waals surface area contributed by atoms with Gasteiger partial charge in [0.25, 0.3) is 0 Å². The standard InChI is InChI=1S/C35H71N3O9S/c1-27(39)31(4,5)25-33(8,9)47-22-21-45-17-15-37-34(10,11)28(40)23-46-20-19-44-18-16-38-35(12,13)29(41)32(6,7)24-30(2,3)26-48(42,43)36-14/h27,36-39H,15-26H2,1-14H3. The van der Waals surface area contributed by atoms with Gasteiger partial charge in [-0.2, -0.15) is 0 Å². The van der Waals surface area contributed by atoms with Crippen LogP contribution in [0.15, 0.2) is 0 Å². The highest BCUT2D eigenvalue weighted by Gasteiger charge is 2.43. The molecule has 4 N–H and O–H groups in total. The maximum Gasteiger partial charge on any atom is 0.211 e. The molecule has 0 amide bonds. The zero-order valence-corrected chi connectivity index (χ0v) is 33.5. The van der Waals surface area contributed by atoms with Crippen molar-refractivity contribution in [2.24, 2.45) is 16.2 Å². The smallest absolute Gasteiger partial charge is 0.211 e. The van der Waals surface area contributed by atoms with Gasteiger partial charge in [-0.3, -0.25) is 9.59 Å². The van der Waals surface area contributed by atoms with Crippen LogP contribution in [0.4, 0.5) is 0 Å². The SMILES string of the molecule is CNS(=O)(=O)CC(C)(C)CC(C)(C)C(=O)C(C)(C)NCCOCCOCC(=O)C(C)(C)NCCOCCOC(C)(C)CC(C)(C)C(C)O. The third-order valence-electron chi connectivity index (χ3n) is 8.66. The molecule has 1 unspecified atom stereocenters.